The average molecular weight is 294 g/mol. The van der Waals surface area contributed by atoms with Crippen molar-refractivity contribution in [2.75, 3.05) is 12.4 Å². The lowest BCUT2D eigenvalue weighted by atomic mass is 10.1. The minimum absolute atomic E-state index is 0.0384. The molecule has 0 unspecified atom stereocenters. The molecule has 0 saturated heterocycles. The highest BCUT2D eigenvalue weighted by atomic mass is 16.5. The zero-order valence-electron chi connectivity index (χ0n) is 11.9. The molecule has 0 aliphatic rings. The van der Waals surface area contributed by atoms with Gasteiger partial charge in [-0.05, 0) is 31.0 Å². The number of hydrogen-bond acceptors (Lipinski definition) is 4. The minimum atomic E-state index is -1.21. The molecule has 0 spiro atoms. The Labute approximate surface area is 122 Å². The highest BCUT2D eigenvalue weighted by molar-refractivity contribution is 5.92. The molecule has 7 heteroatoms. The number of urea groups is 1. The van der Waals surface area contributed by atoms with Crippen molar-refractivity contribution in [2.24, 2.45) is 0 Å². The van der Waals surface area contributed by atoms with E-state index in [9.17, 15) is 14.4 Å². The van der Waals surface area contributed by atoms with Crippen molar-refractivity contribution in [3.63, 3.8) is 0 Å². The second-order valence-corrected chi connectivity index (χ2v) is 4.47. The van der Waals surface area contributed by atoms with Crippen LogP contribution >= 0.6 is 0 Å². The summed E-state index contributed by atoms with van der Waals surface area (Å²) in [7, 11) is 1.22. The number of aryl methyl sites for hydroxylation is 1. The van der Waals surface area contributed by atoms with Crippen molar-refractivity contribution < 1.29 is 24.2 Å². The third-order valence-electron chi connectivity index (χ3n) is 2.74. The third-order valence-corrected chi connectivity index (χ3v) is 2.74. The first-order valence-corrected chi connectivity index (χ1v) is 6.36. The number of esters is 1. The molecule has 0 aliphatic carbocycles. The number of hydrogen-bond donors (Lipinski definition) is 3. The van der Waals surface area contributed by atoms with Gasteiger partial charge in [0, 0.05) is 12.1 Å². The van der Waals surface area contributed by atoms with Gasteiger partial charge in [0.1, 0.15) is 6.04 Å². The van der Waals surface area contributed by atoms with Crippen LogP contribution in [-0.2, 0) is 14.3 Å². The van der Waals surface area contributed by atoms with Gasteiger partial charge in [0.25, 0.3) is 0 Å². The molecular weight excluding hydrogens is 276 g/mol. The Balaban J connectivity index is 2.56. The van der Waals surface area contributed by atoms with Crippen LogP contribution in [0.4, 0.5) is 10.5 Å². The van der Waals surface area contributed by atoms with Crippen LogP contribution in [0.1, 0.15) is 18.4 Å². The summed E-state index contributed by atoms with van der Waals surface area (Å²) in [5.74, 6) is -1.74. The van der Waals surface area contributed by atoms with Gasteiger partial charge in [0.2, 0.25) is 0 Å². The van der Waals surface area contributed by atoms with E-state index in [0.717, 1.165) is 5.56 Å². The Bertz CT molecular complexity index is 530. The number of carboxylic acids is 1. The molecule has 114 valence electrons. The zero-order valence-corrected chi connectivity index (χ0v) is 11.9. The van der Waals surface area contributed by atoms with Crippen LogP contribution in [0, 0.1) is 6.92 Å². The predicted molar refractivity (Wildman–Crippen MR) is 76.0 cm³/mol. The molecule has 0 aromatic heterocycles. The van der Waals surface area contributed by atoms with Gasteiger partial charge in [-0.15, -0.1) is 0 Å². The quantitative estimate of drug-likeness (QED) is 0.690. The van der Waals surface area contributed by atoms with Gasteiger partial charge in [0.05, 0.1) is 7.11 Å². The number of carbonyl (C=O) groups excluding carboxylic acids is 2. The van der Waals surface area contributed by atoms with Gasteiger partial charge < -0.3 is 20.5 Å². The molecule has 0 fully saturated rings. The molecule has 1 aromatic rings. The fraction of sp³-hybridized carbons (Fsp3) is 0.357. The van der Waals surface area contributed by atoms with Crippen molar-refractivity contribution in [1.29, 1.82) is 0 Å². The minimum Gasteiger partial charge on any atom is -0.480 e. The Morgan fingerprint density at radius 2 is 2.05 bits per heavy atom. The Morgan fingerprint density at radius 3 is 2.62 bits per heavy atom. The van der Waals surface area contributed by atoms with Crippen LogP contribution in [0.5, 0.6) is 0 Å². The molecular formula is C14H18N2O5. The van der Waals surface area contributed by atoms with E-state index in [-0.39, 0.29) is 12.8 Å². The number of rotatable bonds is 6. The summed E-state index contributed by atoms with van der Waals surface area (Å²) < 4.78 is 4.43. The maximum Gasteiger partial charge on any atom is 0.326 e. The molecule has 0 radical (unpaired) electrons. The summed E-state index contributed by atoms with van der Waals surface area (Å²) in [4.78, 5) is 33.8. The van der Waals surface area contributed by atoms with E-state index >= 15 is 0 Å². The zero-order chi connectivity index (χ0) is 15.8. The summed E-state index contributed by atoms with van der Waals surface area (Å²) in [6, 6.07) is 5.29. The predicted octanol–water partition coefficient (Wildman–Crippen LogP) is 1.52. The summed E-state index contributed by atoms with van der Waals surface area (Å²) in [5, 5.41) is 13.9. The highest BCUT2D eigenvalue weighted by Crippen LogP contribution is 2.09. The van der Waals surface area contributed by atoms with Crippen LogP contribution in [0.15, 0.2) is 24.3 Å². The van der Waals surface area contributed by atoms with Crippen LogP contribution in [0.2, 0.25) is 0 Å². The summed E-state index contributed by atoms with van der Waals surface area (Å²) in [6.45, 7) is 1.87. The lowest BCUT2D eigenvalue weighted by molar-refractivity contribution is -0.142. The smallest absolute Gasteiger partial charge is 0.326 e. The van der Waals surface area contributed by atoms with E-state index in [1.54, 1.807) is 18.2 Å². The molecule has 0 saturated carbocycles. The normalized spacial score (nSPS) is 11.3. The van der Waals surface area contributed by atoms with Gasteiger partial charge in [-0.2, -0.15) is 0 Å². The first-order chi connectivity index (χ1) is 9.92. The first-order valence-electron chi connectivity index (χ1n) is 6.36. The number of benzene rings is 1. The molecule has 21 heavy (non-hydrogen) atoms. The SMILES string of the molecule is COC(=O)CC[C@@H](NC(=O)Nc1cccc(C)c1)C(=O)O. The molecule has 0 bridgehead atoms. The Hall–Kier alpha value is -2.57. The molecule has 2 amide bonds. The summed E-state index contributed by atoms with van der Waals surface area (Å²) in [6.07, 6.45) is -0.124. The lowest BCUT2D eigenvalue weighted by Gasteiger charge is -2.14. The maximum absolute atomic E-state index is 11.8. The summed E-state index contributed by atoms with van der Waals surface area (Å²) >= 11 is 0. The number of carbonyl (C=O) groups is 3. The number of anilines is 1. The molecule has 1 atom stereocenters. The van der Waals surface area contributed by atoms with Gasteiger partial charge in [-0.1, -0.05) is 12.1 Å². The average Bonchev–Trinajstić information content (AvgIpc) is 2.42. The number of nitrogens with one attached hydrogen (secondary N) is 2. The number of ether oxygens (including phenoxy) is 1. The summed E-state index contributed by atoms with van der Waals surface area (Å²) in [5.41, 5.74) is 1.53. The Morgan fingerprint density at radius 1 is 1.33 bits per heavy atom. The molecule has 1 aromatic carbocycles. The first kappa shape index (κ1) is 16.5. The number of carboxylic acid groups (broad SMARTS) is 1. The topological polar surface area (TPSA) is 105 Å². The highest BCUT2D eigenvalue weighted by Gasteiger charge is 2.21. The monoisotopic (exact) mass is 294 g/mol. The van der Waals surface area contributed by atoms with Gasteiger partial charge in [-0.25, -0.2) is 9.59 Å². The number of aliphatic carboxylic acids is 1. The van der Waals surface area contributed by atoms with E-state index in [2.05, 4.69) is 15.4 Å². The van der Waals surface area contributed by atoms with Crippen LogP contribution < -0.4 is 10.6 Å². The molecule has 7 nitrogen and oxygen atoms in total. The third kappa shape index (κ3) is 5.94. The van der Waals surface area contributed by atoms with Gasteiger partial charge in [0.15, 0.2) is 0 Å². The van der Waals surface area contributed by atoms with Gasteiger partial charge in [-0.3, -0.25) is 4.79 Å². The standard InChI is InChI=1S/C14H18N2O5/c1-9-4-3-5-10(8-9)15-14(20)16-11(13(18)19)6-7-12(17)21-2/h3-5,8,11H,6-7H2,1-2H3,(H,18,19)(H2,15,16,20)/t11-/m1/s1. The maximum atomic E-state index is 11.8. The largest absolute Gasteiger partial charge is 0.480 e. The van der Waals surface area contributed by atoms with Crippen molar-refractivity contribution >= 4 is 23.7 Å². The van der Waals surface area contributed by atoms with E-state index in [1.165, 1.54) is 7.11 Å². The second kappa shape index (κ2) is 7.88. The lowest BCUT2D eigenvalue weighted by Crippen LogP contribution is -2.43. The van der Waals surface area contributed by atoms with E-state index in [1.807, 2.05) is 13.0 Å². The van der Waals surface area contributed by atoms with Crippen molar-refractivity contribution in [2.45, 2.75) is 25.8 Å². The van der Waals surface area contributed by atoms with E-state index in [4.69, 9.17) is 5.11 Å². The molecule has 0 aliphatic heterocycles. The van der Waals surface area contributed by atoms with E-state index in [0.29, 0.717) is 5.69 Å². The molecule has 0 heterocycles. The van der Waals surface area contributed by atoms with Crippen LogP contribution in [0.3, 0.4) is 0 Å². The molecule has 1 rings (SSSR count). The van der Waals surface area contributed by atoms with Crippen LogP contribution in [0.25, 0.3) is 0 Å². The van der Waals surface area contributed by atoms with Crippen molar-refractivity contribution in [1.82, 2.24) is 5.32 Å². The van der Waals surface area contributed by atoms with Crippen molar-refractivity contribution in [3.05, 3.63) is 29.8 Å². The second-order valence-electron chi connectivity index (χ2n) is 4.47. The molecule has 3 N–H and O–H groups in total. The fourth-order valence-electron chi connectivity index (χ4n) is 1.67. The van der Waals surface area contributed by atoms with Crippen molar-refractivity contribution in [3.8, 4) is 0 Å². The Kier molecular flexibility index (Phi) is 6.19. The van der Waals surface area contributed by atoms with Crippen LogP contribution in [-0.4, -0.2) is 36.2 Å². The van der Waals surface area contributed by atoms with Gasteiger partial charge >= 0.3 is 18.0 Å². The number of methoxy groups -OCH3 is 1. The number of amides is 2. The fourth-order valence-corrected chi connectivity index (χ4v) is 1.67. The van der Waals surface area contributed by atoms with E-state index < -0.39 is 24.0 Å².